The average Bonchev–Trinajstić information content (AvgIpc) is 3.35. The number of carbonyl (C=O) groups excluding carboxylic acids is 2. The van der Waals surface area contributed by atoms with Gasteiger partial charge in [-0.15, -0.1) is 22.0 Å². The molecule has 1 atom stereocenters. The molecule has 1 fully saturated rings. The minimum Gasteiger partial charge on any atom is -0.312 e. The van der Waals surface area contributed by atoms with Gasteiger partial charge < -0.3 is 10.2 Å². The number of aryl methyl sites for hydroxylation is 2. The molecule has 32 heavy (non-hydrogen) atoms. The molecule has 0 bridgehead atoms. The Kier molecular flexibility index (Phi) is 7.13. The van der Waals surface area contributed by atoms with Crippen molar-refractivity contribution >= 4 is 57.3 Å². The van der Waals surface area contributed by atoms with Crippen LogP contribution in [0.1, 0.15) is 34.9 Å². The van der Waals surface area contributed by atoms with Crippen molar-refractivity contribution in [2.24, 2.45) is 0 Å². The number of anilines is 2. The molecular weight excluding hydrogens is 464 g/mol. The van der Waals surface area contributed by atoms with E-state index >= 15 is 0 Å². The third-order valence-corrected chi connectivity index (χ3v) is 7.36. The molecule has 1 aromatic heterocycles. The van der Waals surface area contributed by atoms with Gasteiger partial charge in [0.2, 0.25) is 16.9 Å². The lowest BCUT2D eigenvalue weighted by Gasteiger charge is -2.17. The minimum atomic E-state index is -0.103. The van der Waals surface area contributed by atoms with Gasteiger partial charge in [-0.3, -0.25) is 9.59 Å². The maximum absolute atomic E-state index is 12.6. The highest BCUT2D eigenvalue weighted by molar-refractivity contribution is 7.99. The number of nitrogens with zero attached hydrogens (tertiary/aromatic N) is 3. The van der Waals surface area contributed by atoms with Crippen LogP contribution in [0.15, 0.2) is 47.4 Å². The molecule has 0 saturated carbocycles. The molecule has 2 aromatic carbocycles. The summed E-state index contributed by atoms with van der Waals surface area (Å²) in [6.07, 6.45) is 0.762. The van der Waals surface area contributed by atoms with E-state index in [1.54, 1.807) is 11.8 Å². The summed E-state index contributed by atoms with van der Waals surface area (Å²) in [6.45, 7) is 4.63. The highest BCUT2D eigenvalue weighted by Gasteiger charge is 2.34. The van der Waals surface area contributed by atoms with E-state index in [9.17, 15) is 9.59 Å². The Balaban J connectivity index is 1.31. The third kappa shape index (κ3) is 5.68. The Bertz CT molecular complexity index is 1110. The molecule has 1 aliphatic rings. The van der Waals surface area contributed by atoms with Crippen molar-refractivity contribution in [1.82, 2.24) is 10.2 Å². The standard InChI is InChI=1S/C23H23ClN4O2S2/c1-14-9-15(2)11-18(10-14)28-13-16(12-21(28)30)22-26-27-23(32-22)25-20(29)7-8-31-19-5-3-17(24)4-6-19/h3-6,9-11,16H,7-8,12-13H2,1-2H3,(H,25,27,29). The molecule has 1 aliphatic heterocycles. The van der Waals surface area contributed by atoms with E-state index < -0.39 is 0 Å². The molecule has 3 aromatic rings. The maximum atomic E-state index is 12.6. The Labute approximate surface area is 200 Å². The Morgan fingerprint density at radius 2 is 1.91 bits per heavy atom. The van der Waals surface area contributed by atoms with E-state index in [0.29, 0.717) is 35.3 Å². The van der Waals surface area contributed by atoms with E-state index in [4.69, 9.17) is 11.6 Å². The van der Waals surface area contributed by atoms with Gasteiger partial charge in [0, 0.05) is 46.7 Å². The molecular formula is C23H23ClN4O2S2. The molecule has 1 unspecified atom stereocenters. The quantitative estimate of drug-likeness (QED) is 0.449. The molecule has 6 nitrogen and oxygen atoms in total. The van der Waals surface area contributed by atoms with Crippen molar-refractivity contribution in [2.75, 3.05) is 22.5 Å². The Morgan fingerprint density at radius 3 is 2.62 bits per heavy atom. The second-order valence-corrected chi connectivity index (χ2v) is 10.4. The van der Waals surface area contributed by atoms with E-state index in [1.165, 1.54) is 11.3 Å². The zero-order chi connectivity index (χ0) is 22.7. The molecule has 1 N–H and O–H groups in total. The lowest BCUT2D eigenvalue weighted by molar-refractivity contribution is -0.117. The Hall–Kier alpha value is -2.42. The zero-order valence-electron chi connectivity index (χ0n) is 17.8. The van der Waals surface area contributed by atoms with Gasteiger partial charge in [0.05, 0.1) is 0 Å². The smallest absolute Gasteiger partial charge is 0.227 e. The summed E-state index contributed by atoms with van der Waals surface area (Å²) < 4.78 is 0. The SMILES string of the molecule is Cc1cc(C)cc(N2CC(c3nnc(NC(=O)CCSc4ccc(Cl)cc4)s3)CC2=O)c1. The fourth-order valence-corrected chi connectivity index (χ4v) is 5.48. The van der Waals surface area contributed by atoms with Crippen LogP contribution in [-0.4, -0.2) is 34.3 Å². The van der Waals surface area contributed by atoms with E-state index in [2.05, 4.69) is 21.6 Å². The van der Waals surface area contributed by atoms with Crippen LogP contribution in [0.4, 0.5) is 10.8 Å². The molecule has 2 heterocycles. The van der Waals surface area contributed by atoms with Crippen LogP contribution in [0.2, 0.25) is 5.02 Å². The van der Waals surface area contributed by atoms with Crippen LogP contribution >= 0.6 is 34.7 Å². The van der Waals surface area contributed by atoms with Gasteiger partial charge in [-0.1, -0.05) is 29.0 Å². The molecule has 0 radical (unpaired) electrons. The van der Waals surface area contributed by atoms with E-state index in [-0.39, 0.29) is 17.7 Å². The number of halogens is 1. The largest absolute Gasteiger partial charge is 0.312 e. The van der Waals surface area contributed by atoms with E-state index in [0.717, 1.165) is 26.7 Å². The summed E-state index contributed by atoms with van der Waals surface area (Å²) in [5.41, 5.74) is 3.18. The fourth-order valence-electron chi connectivity index (χ4n) is 3.65. The number of carbonyl (C=O) groups is 2. The minimum absolute atomic E-state index is 0.0214. The first-order chi connectivity index (χ1) is 15.4. The summed E-state index contributed by atoms with van der Waals surface area (Å²) in [4.78, 5) is 27.8. The molecule has 1 saturated heterocycles. The van der Waals surface area contributed by atoms with E-state index in [1.807, 2.05) is 55.1 Å². The predicted molar refractivity (Wildman–Crippen MR) is 131 cm³/mol. The van der Waals surface area contributed by atoms with Gasteiger partial charge in [-0.2, -0.15) is 0 Å². The first kappa shape index (κ1) is 22.8. The summed E-state index contributed by atoms with van der Waals surface area (Å²) in [5.74, 6) is 0.613. The molecule has 9 heteroatoms. The number of hydrogen-bond donors (Lipinski definition) is 1. The number of aromatic nitrogens is 2. The van der Waals surface area contributed by atoms with Gasteiger partial charge in [0.1, 0.15) is 5.01 Å². The third-order valence-electron chi connectivity index (χ3n) is 5.09. The topological polar surface area (TPSA) is 75.2 Å². The van der Waals surface area contributed by atoms with Crippen molar-refractivity contribution in [3.8, 4) is 0 Å². The second-order valence-electron chi connectivity index (χ2n) is 7.80. The number of rotatable bonds is 7. The van der Waals surface area contributed by atoms with Crippen LogP contribution in [0.3, 0.4) is 0 Å². The molecule has 0 aliphatic carbocycles. The number of thioether (sulfide) groups is 1. The number of benzene rings is 2. The van der Waals surface area contributed by atoms with Crippen LogP contribution in [0, 0.1) is 13.8 Å². The van der Waals surface area contributed by atoms with Gasteiger partial charge in [-0.25, -0.2) is 0 Å². The number of hydrogen-bond acceptors (Lipinski definition) is 6. The van der Waals surface area contributed by atoms with Crippen LogP contribution < -0.4 is 10.2 Å². The summed E-state index contributed by atoms with van der Waals surface area (Å²) >= 11 is 8.83. The van der Waals surface area contributed by atoms with Gasteiger partial charge in [-0.05, 0) is 61.4 Å². The average molecular weight is 487 g/mol. The highest BCUT2D eigenvalue weighted by Crippen LogP contribution is 2.35. The van der Waals surface area contributed by atoms with Crippen molar-refractivity contribution in [2.45, 2.75) is 37.5 Å². The molecule has 166 valence electrons. The lowest BCUT2D eigenvalue weighted by atomic mass is 10.1. The number of amides is 2. The normalized spacial score (nSPS) is 15.9. The van der Waals surface area contributed by atoms with Crippen LogP contribution in [-0.2, 0) is 9.59 Å². The second kappa shape index (κ2) is 10.0. The van der Waals surface area contributed by atoms with Gasteiger partial charge in [0.15, 0.2) is 0 Å². The van der Waals surface area contributed by atoms with Crippen LogP contribution in [0.5, 0.6) is 0 Å². The highest BCUT2D eigenvalue weighted by atomic mass is 35.5. The summed E-state index contributed by atoms with van der Waals surface area (Å²) in [5, 5.41) is 13.1. The fraction of sp³-hybridized carbons (Fsp3) is 0.304. The van der Waals surface area contributed by atoms with Crippen molar-refractivity contribution < 1.29 is 9.59 Å². The predicted octanol–water partition coefficient (Wildman–Crippen LogP) is 5.45. The summed E-state index contributed by atoms with van der Waals surface area (Å²) in [7, 11) is 0. The lowest BCUT2D eigenvalue weighted by Crippen LogP contribution is -2.24. The van der Waals surface area contributed by atoms with Gasteiger partial charge >= 0.3 is 0 Å². The maximum Gasteiger partial charge on any atom is 0.227 e. The Morgan fingerprint density at radius 1 is 1.19 bits per heavy atom. The first-order valence-corrected chi connectivity index (χ1v) is 12.5. The number of nitrogens with one attached hydrogen (secondary N) is 1. The first-order valence-electron chi connectivity index (χ1n) is 10.3. The van der Waals surface area contributed by atoms with Crippen molar-refractivity contribution in [3.05, 3.63) is 63.6 Å². The molecule has 2 amide bonds. The molecule has 0 spiro atoms. The molecule has 4 rings (SSSR count). The van der Waals surface area contributed by atoms with Gasteiger partial charge in [0.25, 0.3) is 0 Å². The van der Waals surface area contributed by atoms with Crippen LogP contribution in [0.25, 0.3) is 0 Å². The van der Waals surface area contributed by atoms with Crippen molar-refractivity contribution in [1.29, 1.82) is 0 Å². The zero-order valence-corrected chi connectivity index (χ0v) is 20.2. The monoisotopic (exact) mass is 486 g/mol. The summed E-state index contributed by atoms with van der Waals surface area (Å²) in [6, 6.07) is 13.7. The van der Waals surface area contributed by atoms with Crippen molar-refractivity contribution in [3.63, 3.8) is 0 Å².